The average molecular weight is 383 g/mol. The van der Waals surface area contributed by atoms with E-state index in [2.05, 4.69) is 4.98 Å². The van der Waals surface area contributed by atoms with E-state index in [0.29, 0.717) is 30.5 Å². The summed E-state index contributed by atoms with van der Waals surface area (Å²) in [5.41, 5.74) is 0.216. The predicted molar refractivity (Wildman–Crippen MR) is 98.1 cm³/mol. The van der Waals surface area contributed by atoms with E-state index < -0.39 is 15.5 Å². The maximum absolute atomic E-state index is 13.0. The molecule has 1 atom stereocenters. The van der Waals surface area contributed by atoms with Crippen LogP contribution >= 0.6 is 11.3 Å². The summed E-state index contributed by atoms with van der Waals surface area (Å²) in [4.78, 5) is 18.1. The van der Waals surface area contributed by atoms with Crippen LogP contribution in [0.3, 0.4) is 0 Å². The number of piperazine rings is 1. The third kappa shape index (κ3) is 3.94. The number of para-hydroxylation sites is 1. The van der Waals surface area contributed by atoms with Crippen LogP contribution in [0.5, 0.6) is 0 Å². The van der Waals surface area contributed by atoms with Gasteiger partial charge in [-0.25, -0.2) is 23.1 Å². The molecule has 1 aromatic carbocycles. The van der Waals surface area contributed by atoms with Gasteiger partial charge in [0, 0.05) is 26.2 Å². The Labute approximate surface area is 151 Å². The number of nitrogens with zero attached hydrogens (tertiary/aromatic N) is 3. The van der Waals surface area contributed by atoms with E-state index in [1.165, 1.54) is 11.3 Å². The van der Waals surface area contributed by atoms with Crippen molar-refractivity contribution in [1.82, 2.24) is 14.2 Å². The Morgan fingerprint density at radius 3 is 2.48 bits per heavy atom. The van der Waals surface area contributed by atoms with Gasteiger partial charge < -0.3 is 9.64 Å². The van der Waals surface area contributed by atoms with Crippen LogP contribution < -0.4 is 0 Å². The molecule has 2 heterocycles. The first-order chi connectivity index (χ1) is 11.7. The number of rotatable bonds is 2. The zero-order chi connectivity index (χ0) is 18.2. The van der Waals surface area contributed by atoms with Crippen molar-refractivity contribution in [3.63, 3.8) is 0 Å². The minimum atomic E-state index is -3.15. The lowest BCUT2D eigenvalue weighted by atomic mass is 10.2. The van der Waals surface area contributed by atoms with Crippen LogP contribution in [-0.4, -0.2) is 56.3 Å². The first-order valence-electron chi connectivity index (χ1n) is 8.04. The van der Waals surface area contributed by atoms with Crippen molar-refractivity contribution < 1.29 is 13.7 Å². The van der Waals surface area contributed by atoms with Crippen molar-refractivity contribution in [3.8, 4) is 0 Å². The molecular weight excluding hydrogens is 360 g/mol. The Balaban J connectivity index is 1.70. The Morgan fingerprint density at radius 2 is 1.88 bits per heavy atom. The van der Waals surface area contributed by atoms with Gasteiger partial charge >= 0.3 is 6.09 Å². The van der Waals surface area contributed by atoms with Crippen LogP contribution in [0.15, 0.2) is 28.6 Å². The van der Waals surface area contributed by atoms with Crippen LogP contribution in [0, 0.1) is 4.78 Å². The van der Waals surface area contributed by atoms with Gasteiger partial charge in [0.15, 0.2) is 9.92 Å². The minimum absolute atomic E-state index is 0.319. The fourth-order valence-electron chi connectivity index (χ4n) is 2.53. The number of carbonyl (C=O) groups is 1. The smallest absolute Gasteiger partial charge is 0.410 e. The molecule has 3 rings (SSSR count). The summed E-state index contributed by atoms with van der Waals surface area (Å²) < 4.78 is 29.6. The molecule has 1 N–H and O–H groups in total. The number of amides is 1. The van der Waals surface area contributed by atoms with Crippen molar-refractivity contribution in [3.05, 3.63) is 24.3 Å². The van der Waals surface area contributed by atoms with Crippen molar-refractivity contribution in [2.75, 3.05) is 26.2 Å². The van der Waals surface area contributed by atoms with Gasteiger partial charge in [0.2, 0.25) is 4.34 Å². The highest BCUT2D eigenvalue weighted by molar-refractivity contribution is 7.92. The second kappa shape index (κ2) is 6.54. The van der Waals surface area contributed by atoms with E-state index in [0.717, 1.165) is 10.2 Å². The van der Waals surface area contributed by atoms with Crippen molar-refractivity contribution in [2.45, 2.75) is 30.7 Å². The van der Waals surface area contributed by atoms with E-state index in [1.54, 1.807) is 9.21 Å². The minimum Gasteiger partial charge on any atom is -0.444 e. The van der Waals surface area contributed by atoms with Crippen LogP contribution in [0.25, 0.3) is 10.2 Å². The number of fused-ring (bicyclic) bond motifs is 1. The van der Waals surface area contributed by atoms with Gasteiger partial charge in [0.05, 0.1) is 10.2 Å². The Bertz CT molecular complexity index is 845. The molecule has 1 aliphatic heterocycles. The summed E-state index contributed by atoms with van der Waals surface area (Å²) in [7, 11) is -3.15. The molecule has 2 aromatic rings. The summed E-state index contributed by atoms with van der Waals surface area (Å²) in [5.74, 6) is 0. The fraction of sp³-hybridized carbons (Fsp3) is 0.500. The molecule has 0 spiro atoms. The molecule has 1 unspecified atom stereocenters. The molecular formula is C16H22N4O3S2. The number of aromatic nitrogens is 1. The molecule has 1 fully saturated rings. The van der Waals surface area contributed by atoms with E-state index in [-0.39, 0.29) is 6.09 Å². The maximum atomic E-state index is 13.0. The SMILES string of the molecule is CC(C)(C)OC(=O)N1CCN(S(=N)(=O)c2nc3ccccc3s2)CC1. The maximum Gasteiger partial charge on any atom is 0.410 e. The third-order valence-electron chi connectivity index (χ3n) is 3.76. The molecule has 9 heteroatoms. The Morgan fingerprint density at radius 1 is 1.24 bits per heavy atom. The molecule has 1 saturated heterocycles. The van der Waals surface area contributed by atoms with Gasteiger partial charge in [-0.15, -0.1) is 11.3 Å². The molecule has 7 nitrogen and oxygen atoms in total. The molecule has 1 amide bonds. The Hall–Kier alpha value is -1.71. The number of thiazole rings is 1. The van der Waals surface area contributed by atoms with Crippen LogP contribution in [0.1, 0.15) is 20.8 Å². The largest absolute Gasteiger partial charge is 0.444 e. The van der Waals surface area contributed by atoms with E-state index in [9.17, 15) is 9.00 Å². The van der Waals surface area contributed by atoms with Crippen molar-refractivity contribution in [1.29, 1.82) is 4.78 Å². The molecule has 136 valence electrons. The van der Waals surface area contributed by atoms with Gasteiger partial charge in [0.1, 0.15) is 5.60 Å². The fourth-order valence-corrected chi connectivity index (χ4v) is 5.39. The zero-order valence-electron chi connectivity index (χ0n) is 14.5. The highest BCUT2D eigenvalue weighted by Crippen LogP contribution is 2.28. The van der Waals surface area contributed by atoms with E-state index in [4.69, 9.17) is 9.52 Å². The summed E-state index contributed by atoms with van der Waals surface area (Å²) in [5, 5.41) is 0. The van der Waals surface area contributed by atoms with Gasteiger partial charge in [-0.2, -0.15) is 0 Å². The standard InChI is InChI=1S/C16H22N4O3S2/c1-16(2,3)23-15(21)19-8-10-20(11-9-19)25(17,22)14-18-12-6-4-5-7-13(12)24-14/h4-7,17H,8-11H2,1-3H3. The first-order valence-corrected chi connectivity index (χ1v) is 10.4. The van der Waals surface area contributed by atoms with Crippen LogP contribution in [0.2, 0.25) is 0 Å². The lowest BCUT2D eigenvalue weighted by molar-refractivity contribution is 0.0194. The summed E-state index contributed by atoms with van der Waals surface area (Å²) in [6.07, 6.45) is -0.372. The number of nitrogens with one attached hydrogen (secondary N) is 1. The lowest BCUT2D eigenvalue weighted by Gasteiger charge is -2.35. The highest BCUT2D eigenvalue weighted by atomic mass is 32.2. The number of hydrogen-bond donors (Lipinski definition) is 1. The van der Waals surface area contributed by atoms with Crippen LogP contribution in [0.4, 0.5) is 4.79 Å². The normalized spacial score (nSPS) is 18.9. The number of hydrogen-bond acceptors (Lipinski definition) is 6. The first kappa shape index (κ1) is 18.1. The molecule has 1 aromatic heterocycles. The molecule has 0 radical (unpaired) electrons. The van der Waals surface area contributed by atoms with Gasteiger partial charge in [-0.1, -0.05) is 12.1 Å². The van der Waals surface area contributed by atoms with Crippen LogP contribution in [-0.2, 0) is 14.7 Å². The molecule has 25 heavy (non-hydrogen) atoms. The van der Waals surface area contributed by atoms with Gasteiger partial charge in [-0.05, 0) is 32.9 Å². The van der Waals surface area contributed by atoms with E-state index >= 15 is 0 Å². The molecule has 0 aliphatic carbocycles. The van der Waals surface area contributed by atoms with Gasteiger partial charge in [-0.3, -0.25) is 0 Å². The molecule has 0 bridgehead atoms. The van der Waals surface area contributed by atoms with Crippen molar-refractivity contribution in [2.24, 2.45) is 0 Å². The number of carbonyl (C=O) groups excluding carboxylic acids is 1. The van der Waals surface area contributed by atoms with E-state index in [1.807, 2.05) is 45.0 Å². The van der Waals surface area contributed by atoms with Crippen molar-refractivity contribution >= 4 is 37.6 Å². The summed E-state index contributed by atoms with van der Waals surface area (Å²) >= 11 is 1.29. The van der Waals surface area contributed by atoms with Gasteiger partial charge in [0.25, 0.3) is 0 Å². The average Bonchev–Trinajstić information content (AvgIpc) is 2.98. The second-order valence-electron chi connectivity index (χ2n) is 6.87. The summed E-state index contributed by atoms with van der Waals surface area (Å²) in [6.45, 7) is 6.96. The quantitative estimate of drug-likeness (QED) is 0.864. The highest BCUT2D eigenvalue weighted by Gasteiger charge is 2.31. The monoisotopic (exact) mass is 382 g/mol. The molecule has 1 aliphatic rings. The topological polar surface area (TPSA) is 86.6 Å². The number of benzene rings is 1. The third-order valence-corrected chi connectivity index (χ3v) is 7.18. The Kier molecular flexibility index (Phi) is 4.74. The molecule has 0 saturated carbocycles. The predicted octanol–water partition coefficient (Wildman–Crippen LogP) is 3.17. The summed E-state index contributed by atoms with van der Waals surface area (Å²) in [6, 6.07) is 7.53. The number of ether oxygens (including phenoxy) is 1. The lowest BCUT2D eigenvalue weighted by Crippen LogP contribution is -2.51. The zero-order valence-corrected chi connectivity index (χ0v) is 16.2. The second-order valence-corrected chi connectivity index (χ2v) is 10.1.